The number of benzene rings is 1. The van der Waals surface area contributed by atoms with Gasteiger partial charge in [-0.15, -0.1) is 0 Å². The van der Waals surface area contributed by atoms with Crippen LogP contribution in [-0.4, -0.2) is 4.98 Å². The number of hydrogen-bond donors (Lipinski definition) is 1. The van der Waals surface area contributed by atoms with E-state index in [-0.39, 0.29) is 0 Å². The van der Waals surface area contributed by atoms with Gasteiger partial charge in [0.15, 0.2) is 0 Å². The van der Waals surface area contributed by atoms with Crippen molar-refractivity contribution in [3.05, 3.63) is 58.9 Å². The summed E-state index contributed by atoms with van der Waals surface area (Å²) in [7, 11) is 0. The number of hydrogen-bond acceptors (Lipinski definition) is 2. The molecule has 0 aliphatic rings. The molecular formula is C14H16N2. The fourth-order valence-corrected chi connectivity index (χ4v) is 1.74. The van der Waals surface area contributed by atoms with Crippen molar-refractivity contribution in [2.45, 2.75) is 20.3 Å². The molecule has 0 amide bonds. The van der Waals surface area contributed by atoms with Gasteiger partial charge in [-0.05, 0) is 42.7 Å². The molecule has 0 bridgehead atoms. The quantitative estimate of drug-likeness (QED) is 0.831. The molecule has 2 rings (SSSR count). The van der Waals surface area contributed by atoms with Gasteiger partial charge in [-0.3, -0.25) is 4.98 Å². The normalized spacial score (nSPS) is 10.4. The summed E-state index contributed by atoms with van der Waals surface area (Å²) in [5, 5.41) is 0. The summed E-state index contributed by atoms with van der Waals surface area (Å²) >= 11 is 0. The van der Waals surface area contributed by atoms with Crippen molar-refractivity contribution in [3.63, 3.8) is 0 Å². The van der Waals surface area contributed by atoms with Crippen molar-refractivity contribution in [1.29, 1.82) is 0 Å². The first-order valence-corrected chi connectivity index (χ1v) is 5.42. The van der Waals surface area contributed by atoms with Crippen LogP contribution in [0.1, 0.15) is 22.4 Å². The SMILES string of the molecule is Cc1cccc(Cc2ccc(N)cn2)c1C. The summed E-state index contributed by atoms with van der Waals surface area (Å²) in [4.78, 5) is 4.32. The van der Waals surface area contributed by atoms with Crippen molar-refractivity contribution in [2.75, 3.05) is 5.73 Å². The van der Waals surface area contributed by atoms with Crippen LogP contribution in [0.2, 0.25) is 0 Å². The number of nitrogens with two attached hydrogens (primary N) is 1. The molecule has 2 N–H and O–H groups in total. The maximum atomic E-state index is 5.61. The molecule has 82 valence electrons. The predicted octanol–water partition coefficient (Wildman–Crippen LogP) is 2.87. The highest BCUT2D eigenvalue weighted by Gasteiger charge is 2.02. The van der Waals surface area contributed by atoms with Gasteiger partial charge in [0.1, 0.15) is 0 Å². The molecule has 0 fully saturated rings. The molecule has 0 saturated carbocycles. The van der Waals surface area contributed by atoms with Crippen LogP contribution in [0.25, 0.3) is 0 Å². The average molecular weight is 212 g/mol. The molecule has 0 saturated heterocycles. The molecule has 0 radical (unpaired) electrons. The Morgan fingerprint density at radius 1 is 1.12 bits per heavy atom. The van der Waals surface area contributed by atoms with Gasteiger partial charge >= 0.3 is 0 Å². The second-order valence-electron chi connectivity index (χ2n) is 4.12. The van der Waals surface area contributed by atoms with E-state index in [1.54, 1.807) is 6.20 Å². The minimum atomic E-state index is 0.713. The molecule has 0 aliphatic carbocycles. The van der Waals surface area contributed by atoms with Crippen LogP contribution >= 0.6 is 0 Å². The van der Waals surface area contributed by atoms with Crippen LogP contribution in [0.4, 0.5) is 5.69 Å². The maximum Gasteiger partial charge on any atom is 0.0501 e. The first-order chi connectivity index (χ1) is 7.66. The fourth-order valence-electron chi connectivity index (χ4n) is 1.74. The highest BCUT2D eigenvalue weighted by Crippen LogP contribution is 2.16. The van der Waals surface area contributed by atoms with Crippen LogP contribution in [0.5, 0.6) is 0 Å². The van der Waals surface area contributed by atoms with Crippen molar-refractivity contribution in [1.82, 2.24) is 4.98 Å². The molecular weight excluding hydrogens is 196 g/mol. The minimum Gasteiger partial charge on any atom is -0.397 e. The molecule has 2 nitrogen and oxygen atoms in total. The number of nitrogens with zero attached hydrogens (tertiary/aromatic N) is 1. The highest BCUT2D eigenvalue weighted by atomic mass is 14.7. The largest absolute Gasteiger partial charge is 0.397 e. The first kappa shape index (κ1) is 10.7. The zero-order valence-electron chi connectivity index (χ0n) is 9.70. The lowest BCUT2D eigenvalue weighted by atomic mass is 9.99. The lowest BCUT2D eigenvalue weighted by Gasteiger charge is -2.08. The second kappa shape index (κ2) is 4.35. The minimum absolute atomic E-state index is 0.713. The third kappa shape index (κ3) is 2.22. The second-order valence-corrected chi connectivity index (χ2v) is 4.12. The van der Waals surface area contributed by atoms with E-state index in [9.17, 15) is 0 Å². The van der Waals surface area contributed by atoms with Crippen molar-refractivity contribution < 1.29 is 0 Å². The summed E-state index contributed by atoms with van der Waals surface area (Å²) in [5.41, 5.74) is 11.4. The molecule has 2 heteroatoms. The lowest BCUT2D eigenvalue weighted by Crippen LogP contribution is -1.97. The third-order valence-corrected chi connectivity index (χ3v) is 2.94. The fraction of sp³-hybridized carbons (Fsp3) is 0.214. The number of aryl methyl sites for hydroxylation is 1. The van der Waals surface area contributed by atoms with Gasteiger partial charge in [-0.1, -0.05) is 18.2 Å². The standard InChI is InChI=1S/C14H16N2/c1-10-4-3-5-12(11(10)2)8-14-7-6-13(15)9-16-14/h3-7,9H,8,15H2,1-2H3. The summed E-state index contributed by atoms with van der Waals surface area (Å²) in [6, 6.07) is 10.3. The van der Waals surface area contributed by atoms with Gasteiger partial charge in [0.05, 0.1) is 11.9 Å². The summed E-state index contributed by atoms with van der Waals surface area (Å²) in [6.07, 6.45) is 2.58. The lowest BCUT2D eigenvalue weighted by molar-refractivity contribution is 1.05. The number of nitrogen functional groups attached to an aromatic ring is 1. The highest BCUT2D eigenvalue weighted by molar-refractivity contribution is 5.38. The zero-order chi connectivity index (χ0) is 11.5. The molecule has 0 aliphatic heterocycles. The molecule has 0 spiro atoms. The zero-order valence-corrected chi connectivity index (χ0v) is 9.70. The van der Waals surface area contributed by atoms with Crippen LogP contribution in [0.15, 0.2) is 36.5 Å². The maximum absolute atomic E-state index is 5.61. The topological polar surface area (TPSA) is 38.9 Å². The molecule has 1 aromatic carbocycles. The number of aromatic nitrogens is 1. The van der Waals surface area contributed by atoms with E-state index in [4.69, 9.17) is 5.73 Å². The van der Waals surface area contributed by atoms with Crippen LogP contribution < -0.4 is 5.73 Å². The van der Waals surface area contributed by atoms with E-state index >= 15 is 0 Å². The van der Waals surface area contributed by atoms with Crippen LogP contribution in [-0.2, 0) is 6.42 Å². The van der Waals surface area contributed by atoms with E-state index in [2.05, 4.69) is 37.0 Å². The van der Waals surface area contributed by atoms with E-state index in [0.29, 0.717) is 5.69 Å². The average Bonchev–Trinajstić information content (AvgIpc) is 2.28. The molecule has 1 heterocycles. The number of anilines is 1. The predicted molar refractivity (Wildman–Crippen MR) is 67.4 cm³/mol. The van der Waals surface area contributed by atoms with Crippen molar-refractivity contribution in [3.8, 4) is 0 Å². The molecule has 2 aromatic rings. The smallest absolute Gasteiger partial charge is 0.0501 e. The molecule has 16 heavy (non-hydrogen) atoms. The summed E-state index contributed by atoms with van der Waals surface area (Å²) < 4.78 is 0. The van der Waals surface area contributed by atoms with Gasteiger partial charge < -0.3 is 5.73 Å². The third-order valence-electron chi connectivity index (χ3n) is 2.94. The Labute approximate surface area is 96.1 Å². The van der Waals surface area contributed by atoms with E-state index in [0.717, 1.165) is 12.1 Å². The van der Waals surface area contributed by atoms with Gasteiger partial charge in [-0.2, -0.15) is 0 Å². The Kier molecular flexibility index (Phi) is 2.91. The van der Waals surface area contributed by atoms with Crippen molar-refractivity contribution in [2.24, 2.45) is 0 Å². The van der Waals surface area contributed by atoms with Gasteiger partial charge in [0.25, 0.3) is 0 Å². The van der Waals surface area contributed by atoms with E-state index in [1.165, 1.54) is 16.7 Å². The first-order valence-electron chi connectivity index (χ1n) is 5.42. The summed E-state index contributed by atoms with van der Waals surface area (Å²) in [6.45, 7) is 4.29. The monoisotopic (exact) mass is 212 g/mol. The van der Waals surface area contributed by atoms with Crippen LogP contribution in [0, 0.1) is 13.8 Å². The Bertz CT molecular complexity index is 487. The van der Waals surface area contributed by atoms with Gasteiger partial charge in [0, 0.05) is 12.1 Å². The Morgan fingerprint density at radius 2 is 1.94 bits per heavy atom. The Hall–Kier alpha value is -1.83. The Balaban J connectivity index is 2.27. The molecule has 0 atom stereocenters. The van der Waals surface area contributed by atoms with Crippen molar-refractivity contribution >= 4 is 5.69 Å². The number of pyridine rings is 1. The summed E-state index contributed by atoms with van der Waals surface area (Å²) in [5.74, 6) is 0. The van der Waals surface area contributed by atoms with Gasteiger partial charge in [0.2, 0.25) is 0 Å². The van der Waals surface area contributed by atoms with Gasteiger partial charge in [-0.25, -0.2) is 0 Å². The Morgan fingerprint density at radius 3 is 2.62 bits per heavy atom. The van der Waals surface area contributed by atoms with Crippen LogP contribution in [0.3, 0.4) is 0 Å². The number of rotatable bonds is 2. The molecule has 0 unspecified atom stereocenters. The van der Waals surface area contributed by atoms with E-state index in [1.807, 2.05) is 12.1 Å². The molecule has 1 aromatic heterocycles. The van der Waals surface area contributed by atoms with E-state index < -0.39 is 0 Å².